The minimum atomic E-state index is -0.526. The lowest BCUT2D eigenvalue weighted by Gasteiger charge is -2.19. The zero-order chi connectivity index (χ0) is 16.2. The maximum atomic E-state index is 11.8. The number of nitrogens with one attached hydrogen (secondary N) is 1. The van der Waals surface area contributed by atoms with Gasteiger partial charge in [-0.15, -0.1) is 10.2 Å². The molecule has 7 heteroatoms. The van der Waals surface area contributed by atoms with Crippen molar-refractivity contribution in [2.24, 2.45) is 0 Å². The standard InChI is InChI=1S/C15H20N4O2S/c1-15(2,3)21-14(20)16-10-12-17-18-13(22-4)19(12)11-8-6-5-7-9-11/h5-9H,10H2,1-4H3,(H,16,20). The second kappa shape index (κ2) is 6.83. The van der Waals surface area contributed by atoms with Crippen LogP contribution in [0.15, 0.2) is 35.5 Å². The van der Waals surface area contributed by atoms with Crippen molar-refractivity contribution in [1.29, 1.82) is 0 Å². The quantitative estimate of drug-likeness (QED) is 0.877. The van der Waals surface area contributed by atoms with Gasteiger partial charge in [0.2, 0.25) is 0 Å². The Labute approximate surface area is 134 Å². The molecule has 1 aromatic carbocycles. The van der Waals surface area contributed by atoms with E-state index in [1.54, 1.807) is 0 Å². The first kappa shape index (κ1) is 16.4. The second-order valence-electron chi connectivity index (χ2n) is 5.63. The maximum Gasteiger partial charge on any atom is 0.408 e. The number of rotatable bonds is 4. The van der Waals surface area contributed by atoms with Crippen LogP contribution in [0.5, 0.6) is 0 Å². The highest BCUT2D eigenvalue weighted by Crippen LogP contribution is 2.19. The Bertz CT molecular complexity index is 635. The van der Waals surface area contributed by atoms with Crippen LogP contribution in [0.25, 0.3) is 5.69 Å². The number of para-hydroxylation sites is 1. The molecule has 118 valence electrons. The molecule has 0 aliphatic rings. The zero-order valence-corrected chi connectivity index (χ0v) is 14.0. The van der Waals surface area contributed by atoms with E-state index in [0.29, 0.717) is 5.82 Å². The summed E-state index contributed by atoms with van der Waals surface area (Å²) in [5.41, 5.74) is 0.430. The molecule has 0 fully saturated rings. The van der Waals surface area contributed by atoms with E-state index in [9.17, 15) is 4.79 Å². The summed E-state index contributed by atoms with van der Waals surface area (Å²) in [5.74, 6) is 0.654. The molecule has 2 aromatic rings. The van der Waals surface area contributed by atoms with E-state index < -0.39 is 11.7 Å². The van der Waals surface area contributed by atoms with Crippen molar-refractivity contribution in [3.8, 4) is 5.69 Å². The van der Waals surface area contributed by atoms with Gasteiger partial charge in [-0.05, 0) is 39.2 Å². The fourth-order valence-electron chi connectivity index (χ4n) is 1.85. The molecule has 0 aliphatic carbocycles. The lowest BCUT2D eigenvalue weighted by atomic mass is 10.2. The van der Waals surface area contributed by atoms with Gasteiger partial charge in [0.1, 0.15) is 5.60 Å². The average Bonchev–Trinajstić information content (AvgIpc) is 2.87. The minimum absolute atomic E-state index is 0.247. The molecule has 1 aromatic heterocycles. The summed E-state index contributed by atoms with van der Waals surface area (Å²) >= 11 is 1.50. The molecule has 0 unspecified atom stereocenters. The number of carbonyl (C=O) groups is 1. The molecule has 6 nitrogen and oxygen atoms in total. The molecule has 22 heavy (non-hydrogen) atoms. The van der Waals surface area contributed by atoms with Crippen molar-refractivity contribution in [2.75, 3.05) is 6.26 Å². The minimum Gasteiger partial charge on any atom is -0.444 e. The third-order valence-electron chi connectivity index (χ3n) is 2.69. The highest BCUT2D eigenvalue weighted by molar-refractivity contribution is 7.98. The summed E-state index contributed by atoms with van der Waals surface area (Å²) in [6.45, 7) is 5.72. The van der Waals surface area contributed by atoms with Crippen LogP contribution in [-0.4, -0.2) is 32.7 Å². The van der Waals surface area contributed by atoms with E-state index in [-0.39, 0.29) is 6.54 Å². The Morgan fingerprint density at radius 1 is 1.27 bits per heavy atom. The summed E-state index contributed by atoms with van der Waals surface area (Å²) in [7, 11) is 0. The monoisotopic (exact) mass is 320 g/mol. The third kappa shape index (κ3) is 4.24. The van der Waals surface area contributed by atoms with Crippen molar-refractivity contribution in [2.45, 2.75) is 38.1 Å². The van der Waals surface area contributed by atoms with Crippen molar-refractivity contribution < 1.29 is 9.53 Å². The lowest BCUT2D eigenvalue weighted by Crippen LogP contribution is -2.32. The molecule has 1 heterocycles. The Morgan fingerprint density at radius 3 is 2.55 bits per heavy atom. The highest BCUT2D eigenvalue weighted by Gasteiger charge is 2.18. The van der Waals surface area contributed by atoms with E-state index >= 15 is 0 Å². The fraction of sp³-hybridized carbons (Fsp3) is 0.400. The molecule has 0 atom stereocenters. The number of ether oxygens (including phenoxy) is 1. The van der Waals surface area contributed by atoms with Gasteiger partial charge in [0.15, 0.2) is 11.0 Å². The number of carbonyl (C=O) groups excluding carboxylic acids is 1. The largest absolute Gasteiger partial charge is 0.444 e. The fourth-order valence-corrected chi connectivity index (χ4v) is 2.36. The molecular weight excluding hydrogens is 300 g/mol. The molecule has 0 saturated carbocycles. The van der Waals surface area contributed by atoms with E-state index in [4.69, 9.17) is 4.74 Å². The normalized spacial score (nSPS) is 11.3. The van der Waals surface area contributed by atoms with Gasteiger partial charge < -0.3 is 10.1 Å². The molecular formula is C15H20N4O2S. The van der Waals surface area contributed by atoms with Crippen molar-refractivity contribution in [1.82, 2.24) is 20.1 Å². The number of nitrogens with zero attached hydrogens (tertiary/aromatic N) is 3. The van der Waals surface area contributed by atoms with Crippen LogP contribution in [0.3, 0.4) is 0 Å². The SMILES string of the molecule is CSc1nnc(CNC(=O)OC(C)(C)C)n1-c1ccccc1. The van der Waals surface area contributed by atoms with Crippen LogP contribution < -0.4 is 5.32 Å². The first-order valence-electron chi connectivity index (χ1n) is 6.91. The van der Waals surface area contributed by atoms with Crippen LogP contribution in [-0.2, 0) is 11.3 Å². The molecule has 0 bridgehead atoms. The molecule has 2 rings (SSSR count). The van der Waals surface area contributed by atoms with Crippen molar-refractivity contribution in [3.05, 3.63) is 36.2 Å². The van der Waals surface area contributed by atoms with Crippen LogP contribution in [0, 0.1) is 0 Å². The lowest BCUT2D eigenvalue weighted by molar-refractivity contribution is 0.0522. The van der Waals surface area contributed by atoms with Crippen LogP contribution in [0.1, 0.15) is 26.6 Å². The van der Waals surface area contributed by atoms with Gasteiger partial charge in [-0.3, -0.25) is 4.57 Å². The average molecular weight is 320 g/mol. The van der Waals surface area contributed by atoms with Crippen molar-refractivity contribution >= 4 is 17.9 Å². The Morgan fingerprint density at radius 2 is 1.95 bits per heavy atom. The topological polar surface area (TPSA) is 69.0 Å². The van der Waals surface area contributed by atoms with Crippen LogP contribution >= 0.6 is 11.8 Å². The molecule has 1 N–H and O–H groups in total. The summed E-state index contributed by atoms with van der Waals surface area (Å²) in [6, 6.07) is 9.79. The second-order valence-corrected chi connectivity index (χ2v) is 6.40. The smallest absolute Gasteiger partial charge is 0.408 e. The van der Waals surface area contributed by atoms with Crippen molar-refractivity contribution in [3.63, 3.8) is 0 Å². The zero-order valence-electron chi connectivity index (χ0n) is 13.2. The molecule has 0 saturated heterocycles. The third-order valence-corrected chi connectivity index (χ3v) is 3.32. The van der Waals surface area contributed by atoms with Gasteiger partial charge in [0.25, 0.3) is 0 Å². The number of alkyl carbamates (subject to hydrolysis) is 1. The first-order chi connectivity index (χ1) is 10.4. The van der Waals surface area contributed by atoms with E-state index in [0.717, 1.165) is 10.8 Å². The number of thioether (sulfide) groups is 1. The first-order valence-corrected chi connectivity index (χ1v) is 8.14. The molecule has 0 aliphatic heterocycles. The van der Waals surface area contributed by atoms with Gasteiger partial charge in [0.05, 0.1) is 6.54 Å². The molecule has 1 amide bonds. The molecule has 0 spiro atoms. The number of amides is 1. The van der Waals surface area contributed by atoms with E-state index in [1.807, 2.05) is 61.9 Å². The number of aromatic nitrogens is 3. The van der Waals surface area contributed by atoms with E-state index in [2.05, 4.69) is 15.5 Å². The highest BCUT2D eigenvalue weighted by atomic mass is 32.2. The Kier molecular flexibility index (Phi) is 5.07. The van der Waals surface area contributed by atoms with E-state index in [1.165, 1.54) is 11.8 Å². The van der Waals surface area contributed by atoms with Gasteiger partial charge in [-0.1, -0.05) is 30.0 Å². The Hall–Kier alpha value is -2.02. The predicted octanol–water partition coefficient (Wildman–Crippen LogP) is 3.01. The van der Waals surface area contributed by atoms with Gasteiger partial charge in [0, 0.05) is 5.69 Å². The summed E-state index contributed by atoms with van der Waals surface area (Å²) < 4.78 is 7.14. The number of hydrogen-bond acceptors (Lipinski definition) is 5. The van der Waals surface area contributed by atoms with Gasteiger partial charge in [-0.25, -0.2) is 4.79 Å². The van der Waals surface area contributed by atoms with Crippen LogP contribution in [0.4, 0.5) is 4.79 Å². The maximum absolute atomic E-state index is 11.8. The molecule has 0 radical (unpaired) electrons. The number of hydrogen-bond donors (Lipinski definition) is 1. The van der Waals surface area contributed by atoms with Gasteiger partial charge >= 0.3 is 6.09 Å². The summed E-state index contributed by atoms with van der Waals surface area (Å²) in [5, 5.41) is 11.8. The summed E-state index contributed by atoms with van der Waals surface area (Å²) in [6.07, 6.45) is 1.47. The van der Waals surface area contributed by atoms with Crippen LogP contribution in [0.2, 0.25) is 0 Å². The number of benzene rings is 1. The predicted molar refractivity (Wildman–Crippen MR) is 86.2 cm³/mol. The summed E-state index contributed by atoms with van der Waals surface area (Å²) in [4.78, 5) is 11.8. The van der Waals surface area contributed by atoms with Gasteiger partial charge in [-0.2, -0.15) is 0 Å². The Balaban J connectivity index is 2.16.